The monoisotopic (exact) mass is 416 g/mol. The number of rotatable bonds is 5. The summed E-state index contributed by atoms with van der Waals surface area (Å²) in [6, 6.07) is 6.02. The third kappa shape index (κ3) is 4.20. The van der Waals surface area contributed by atoms with Gasteiger partial charge in [0.1, 0.15) is 17.3 Å². The van der Waals surface area contributed by atoms with Crippen LogP contribution in [0, 0.1) is 0 Å². The van der Waals surface area contributed by atoms with Crippen molar-refractivity contribution < 1.29 is 17.2 Å². The normalized spacial score (nSPS) is 21.2. The minimum Gasteiger partial charge on any atom is -0.478 e. The number of carbonyl (C=O) groups excluding carboxylic acids is 2. The van der Waals surface area contributed by atoms with Crippen molar-refractivity contribution in [2.45, 2.75) is 26.0 Å². The minimum absolute atomic E-state index is 0. The van der Waals surface area contributed by atoms with E-state index in [1.165, 1.54) is 0 Å². The maximum absolute atomic E-state index is 12.1. The van der Waals surface area contributed by atoms with E-state index < -0.39 is 6.10 Å². The van der Waals surface area contributed by atoms with Gasteiger partial charge in [0.2, 0.25) is 0 Å². The molecule has 0 aliphatic carbocycles. The number of piperazine rings is 1. The molecule has 2 amide bonds. The predicted octanol–water partition coefficient (Wildman–Crippen LogP) is 0.985. The summed E-state index contributed by atoms with van der Waals surface area (Å²) in [5.74, 6) is 1.47. The number of anilines is 1. The molecular formula is C21H32N6O3. The van der Waals surface area contributed by atoms with Gasteiger partial charge < -0.3 is 20.3 Å². The van der Waals surface area contributed by atoms with E-state index in [1.807, 2.05) is 25.1 Å². The lowest BCUT2D eigenvalue weighted by molar-refractivity contribution is -0.123. The van der Waals surface area contributed by atoms with E-state index in [0.717, 1.165) is 55.5 Å². The molecule has 1 fully saturated rings. The Morgan fingerprint density at radius 2 is 2.03 bits per heavy atom. The maximum Gasteiger partial charge on any atom is 0.268 e. The molecule has 0 aromatic heterocycles. The van der Waals surface area contributed by atoms with Gasteiger partial charge in [0.05, 0.1) is 5.69 Å². The number of likely N-dealkylation sites (N-methyl/N-ethyl adjacent to an activating group) is 1. The van der Waals surface area contributed by atoms with Gasteiger partial charge in [0, 0.05) is 42.6 Å². The fourth-order valence-corrected chi connectivity index (χ4v) is 3.80. The van der Waals surface area contributed by atoms with Crippen molar-refractivity contribution in [2.24, 2.45) is 0 Å². The summed E-state index contributed by atoms with van der Waals surface area (Å²) in [4.78, 5) is 28.3. The van der Waals surface area contributed by atoms with Gasteiger partial charge in [0.25, 0.3) is 11.8 Å². The van der Waals surface area contributed by atoms with Crippen molar-refractivity contribution in [1.82, 2.24) is 26.0 Å². The van der Waals surface area contributed by atoms with Crippen LogP contribution >= 0.6 is 0 Å². The summed E-state index contributed by atoms with van der Waals surface area (Å²) < 4.78 is 5.77. The third-order valence-electron chi connectivity index (χ3n) is 5.56. The molecule has 9 heteroatoms. The van der Waals surface area contributed by atoms with Crippen LogP contribution in [0.2, 0.25) is 0 Å². The third-order valence-corrected chi connectivity index (χ3v) is 5.56. The number of nitrogens with zero attached hydrogens (tertiary/aromatic N) is 2. The van der Waals surface area contributed by atoms with Gasteiger partial charge in [-0.3, -0.25) is 25.3 Å². The lowest BCUT2D eigenvalue weighted by atomic mass is 10.1. The van der Waals surface area contributed by atoms with E-state index >= 15 is 0 Å². The highest BCUT2D eigenvalue weighted by Gasteiger charge is 2.26. The predicted molar refractivity (Wildman–Crippen MR) is 117 cm³/mol. The Labute approximate surface area is 179 Å². The summed E-state index contributed by atoms with van der Waals surface area (Å²) in [5.41, 5.74) is 8.43. The Morgan fingerprint density at radius 3 is 2.70 bits per heavy atom. The van der Waals surface area contributed by atoms with Crippen LogP contribution in [0.15, 0.2) is 41.9 Å². The molecule has 1 atom stereocenters. The zero-order valence-electron chi connectivity index (χ0n) is 17.3. The van der Waals surface area contributed by atoms with E-state index in [1.54, 1.807) is 13.1 Å². The molecule has 3 aliphatic heterocycles. The zero-order chi connectivity index (χ0) is 21.1. The summed E-state index contributed by atoms with van der Waals surface area (Å²) >= 11 is 0. The van der Waals surface area contributed by atoms with Crippen molar-refractivity contribution in [1.29, 1.82) is 0 Å². The Hall–Kier alpha value is -3.20. The van der Waals surface area contributed by atoms with Crippen LogP contribution in [0.4, 0.5) is 5.69 Å². The molecule has 0 bridgehead atoms. The van der Waals surface area contributed by atoms with E-state index in [2.05, 4.69) is 37.4 Å². The molecule has 164 valence electrons. The number of fused-ring (bicyclic) bond motifs is 1. The average Bonchev–Trinajstić information content (AvgIpc) is 2.78. The highest BCUT2D eigenvalue weighted by atomic mass is 16.5. The first-order valence-corrected chi connectivity index (χ1v) is 10.3. The van der Waals surface area contributed by atoms with Crippen LogP contribution < -0.4 is 26.2 Å². The SMILES string of the molecule is CC[C@@H]1Oc2ccc(CN3CCN(C4=CC=C(C(=O)NC)NN4)CC3)cc2NC1=O.[HH].[HH]. The van der Waals surface area contributed by atoms with Crippen LogP contribution in [0.5, 0.6) is 5.75 Å². The molecule has 4 N–H and O–H groups in total. The standard InChI is InChI=1S/C21H28N6O3.2H2/c1-3-17-21(29)23-16-12-14(4-6-18(16)30-17)13-26-8-10-27(11-9-26)19-7-5-15(24-25-19)20(28)22-2;;/h4-7,12,17,24-25H,3,8-11,13H2,1-2H3,(H,22,28)(H,23,29);2*1H/t17-;;/m0../s1. The quantitative estimate of drug-likeness (QED) is 0.568. The number of benzene rings is 1. The summed E-state index contributed by atoms with van der Waals surface area (Å²) in [5, 5.41) is 5.55. The fraction of sp³-hybridized carbons (Fsp3) is 0.429. The van der Waals surface area contributed by atoms with Gasteiger partial charge in [-0.05, 0) is 36.3 Å². The number of allylic oxidation sites excluding steroid dienone is 2. The Morgan fingerprint density at radius 1 is 1.23 bits per heavy atom. The molecule has 0 radical (unpaired) electrons. The lowest BCUT2D eigenvalue weighted by Crippen LogP contribution is -2.51. The fourth-order valence-electron chi connectivity index (χ4n) is 3.80. The first-order valence-electron chi connectivity index (χ1n) is 10.3. The largest absolute Gasteiger partial charge is 0.478 e. The summed E-state index contributed by atoms with van der Waals surface area (Å²) in [6.07, 6.45) is 3.95. The van der Waals surface area contributed by atoms with E-state index in [0.29, 0.717) is 12.1 Å². The van der Waals surface area contributed by atoms with Gasteiger partial charge in [0.15, 0.2) is 6.10 Å². The van der Waals surface area contributed by atoms with Crippen molar-refractivity contribution >= 4 is 17.5 Å². The van der Waals surface area contributed by atoms with Gasteiger partial charge >= 0.3 is 0 Å². The Kier molecular flexibility index (Phi) is 5.80. The number of hydrazine groups is 1. The topological polar surface area (TPSA) is 98.0 Å². The second-order valence-electron chi connectivity index (χ2n) is 7.56. The number of amides is 2. The molecule has 30 heavy (non-hydrogen) atoms. The number of hydrogen-bond acceptors (Lipinski definition) is 7. The van der Waals surface area contributed by atoms with Gasteiger partial charge in [-0.1, -0.05) is 13.0 Å². The minimum atomic E-state index is -0.407. The first-order chi connectivity index (χ1) is 14.6. The summed E-state index contributed by atoms with van der Waals surface area (Å²) in [6.45, 7) is 6.36. The molecule has 1 aromatic rings. The van der Waals surface area contributed by atoms with E-state index in [4.69, 9.17) is 4.74 Å². The van der Waals surface area contributed by atoms with Crippen LogP contribution in [0.1, 0.15) is 21.8 Å². The number of ether oxygens (including phenoxy) is 1. The number of carbonyl (C=O) groups is 2. The zero-order valence-corrected chi connectivity index (χ0v) is 17.3. The van der Waals surface area contributed by atoms with E-state index in [9.17, 15) is 9.59 Å². The molecule has 9 nitrogen and oxygen atoms in total. The average molecular weight is 417 g/mol. The molecule has 1 aromatic carbocycles. The van der Waals surface area contributed by atoms with E-state index in [-0.39, 0.29) is 14.7 Å². The molecule has 1 saturated heterocycles. The first kappa shape index (κ1) is 20.1. The number of nitrogens with one attached hydrogen (secondary N) is 4. The lowest BCUT2D eigenvalue weighted by Gasteiger charge is -2.38. The van der Waals surface area contributed by atoms with Crippen LogP contribution in [0.25, 0.3) is 0 Å². The van der Waals surface area contributed by atoms with Crippen LogP contribution in [-0.4, -0.2) is 60.9 Å². The smallest absolute Gasteiger partial charge is 0.268 e. The molecule has 3 heterocycles. The summed E-state index contributed by atoms with van der Waals surface area (Å²) in [7, 11) is 1.61. The van der Waals surface area contributed by atoms with Crippen molar-refractivity contribution in [3.63, 3.8) is 0 Å². The second-order valence-corrected chi connectivity index (χ2v) is 7.56. The number of hydrogen-bond donors (Lipinski definition) is 4. The Balaban J connectivity index is 0.00000181. The molecule has 4 rings (SSSR count). The van der Waals surface area contributed by atoms with Crippen molar-refractivity contribution in [3.8, 4) is 5.75 Å². The van der Waals surface area contributed by atoms with Gasteiger partial charge in [-0.15, -0.1) is 0 Å². The molecule has 3 aliphatic rings. The van der Waals surface area contributed by atoms with Crippen molar-refractivity contribution in [2.75, 3.05) is 38.5 Å². The second kappa shape index (κ2) is 8.66. The molecule has 0 unspecified atom stereocenters. The van der Waals surface area contributed by atoms with Crippen molar-refractivity contribution in [3.05, 3.63) is 47.4 Å². The van der Waals surface area contributed by atoms with Gasteiger partial charge in [-0.25, -0.2) is 0 Å². The highest BCUT2D eigenvalue weighted by Crippen LogP contribution is 2.31. The van der Waals surface area contributed by atoms with Crippen LogP contribution in [-0.2, 0) is 16.1 Å². The molecule has 0 spiro atoms. The molecular weight excluding hydrogens is 384 g/mol. The van der Waals surface area contributed by atoms with Crippen LogP contribution in [0.3, 0.4) is 0 Å². The molecule has 0 saturated carbocycles. The highest BCUT2D eigenvalue weighted by molar-refractivity contribution is 5.97. The Bertz CT molecular complexity index is 900. The van der Waals surface area contributed by atoms with Gasteiger partial charge in [-0.2, -0.15) is 0 Å². The maximum atomic E-state index is 12.1.